The molecule has 0 aromatic heterocycles. The molecule has 0 saturated heterocycles. The van der Waals surface area contributed by atoms with E-state index in [1.165, 1.54) is 18.2 Å². The maximum Gasteiger partial charge on any atom is 0.288 e. The second kappa shape index (κ2) is 8.50. The van der Waals surface area contributed by atoms with Crippen LogP contribution in [0.4, 0.5) is 5.69 Å². The van der Waals surface area contributed by atoms with Gasteiger partial charge in [0.05, 0.1) is 17.1 Å². The Labute approximate surface area is 122 Å². The van der Waals surface area contributed by atoms with E-state index in [0.29, 0.717) is 19.8 Å². The lowest BCUT2D eigenvalue weighted by molar-refractivity contribution is -0.384. The molecule has 0 bridgehead atoms. The Morgan fingerprint density at radius 2 is 2.20 bits per heavy atom. The minimum atomic E-state index is -0.618. The molecular formula is C13H17ClN2O4. The quantitative estimate of drug-likeness (QED) is 0.455. The van der Waals surface area contributed by atoms with E-state index in [-0.39, 0.29) is 16.3 Å². The molecule has 0 saturated carbocycles. The van der Waals surface area contributed by atoms with Gasteiger partial charge in [0.2, 0.25) is 0 Å². The monoisotopic (exact) mass is 300 g/mol. The number of carbonyl (C=O) groups excluding carboxylic acids is 1. The van der Waals surface area contributed by atoms with E-state index in [0.717, 1.165) is 12.8 Å². The summed E-state index contributed by atoms with van der Waals surface area (Å²) in [6.45, 7) is 3.46. The third-order valence-electron chi connectivity index (χ3n) is 2.59. The van der Waals surface area contributed by atoms with Crippen molar-refractivity contribution in [1.82, 2.24) is 5.32 Å². The Hall–Kier alpha value is -1.66. The van der Waals surface area contributed by atoms with Crippen molar-refractivity contribution in [1.29, 1.82) is 0 Å². The average molecular weight is 301 g/mol. The van der Waals surface area contributed by atoms with E-state index in [2.05, 4.69) is 12.2 Å². The summed E-state index contributed by atoms with van der Waals surface area (Å²) in [5, 5.41) is 13.2. The van der Waals surface area contributed by atoms with Crippen molar-refractivity contribution < 1.29 is 14.5 Å². The zero-order chi connectivity index (χ0) is 15.0. The highest BCUT2D eigenvalue weighted by Gasteiger charge is 2.19. The zero-order valence-corrected chi connectivity index (χ0v) is 12.0. The van der Waals surface area contributed by atoms with Gasteiger partial charge in [0, 0.05) is 19.2 Å². The van der Waals surface area contributed by atoms with Crippen molar-refractivity contribution in [2.45, 2.75) is 19.8 Å². The normalized spacial score (nSPS) is 10.3. The summed E-state index contributed by atoms with van der Waals surface area (Å²) in [7, 11) is 0. The lowest BCUT2D eigenvalue weighted by Gasteiger charge is -2.07. The molecule has 0 unspecified atom stereocenters. The molecule has 7 heteroatoms. The molecule has 0 heterocycles. The van der Waals surface area contributed by atoms with Crippen molar-refractivity contribution in [3.8, 4) is 0 Å². The molecular weight excluding hydrogens is 284 g/mol. The lowest BCUT2D eigenvalue weighted by Crippen LogP contribution is -2.27. The maximum atomic E-state index is 11.9. The number of benzene rings is 1. The number of halogens is 1. The van der Waals surface area contributed by atoms with Gasteiger partial charge in [0.15, 0.2) is 0 Å². The third-order valence-corrected chi connectivity index (χ3v) is 2.99. The van der Waals surface area contributed by atoms with Gasteiger partial charge < -0.3 is 10.1 Å². The smallest absolute Gasteiger partial charge is 0.288 e. The third kappa shape index (κ3) is 4.79. The van der Waals surface area contributed by atoms with Crippen molar-refractivity contribution in [3.63, 3.8) is 0 Å². The highest BCUT2D eigenvalue weighted by Crippen LogP contribution is 2.27. The Bertz CT molecular complexity index is 479. The van der Waals surface area contributed by atoms with E-state index < -0.39 is 10.8 Å². The second-order valence-electron chi connectivity index (χ2n) is 4.12. The first kappa shape index (κ1) is 16.4. The van der Waals surface area contributed by atoms with Gasteiger partial charge in [-0.1, -0.05) is 31.0 Å². The highest BCUT2D eigenvalue weighted by molar-refractivity contribution is 6.35. The van der Waals surface area contributed by atoms with Gasteiger partial charge in [-0.3, -0.25) is 14.9 Å². The highest BCUT2D eigenvalue weighted by atomic mass is 35.5. The molecule has 0 fully saturated rings. The predicted molar refractivity (Wildman–Crippen MR) is 76.2 cm³/mol. The Kier molecular flexibility index (Phi) is 6.97. The van der Waals surface area contributed by atoms with Crippen molar-refractivity contribution >= 4 is 23.2 Å². The first-order valence-corrected chi connectivity index (χ1v) is 6.74. The van der Waals surface area contributed by atoms with E-state index >= 15 is 0 Å². The van der Waals surface area contributed by atoms with E-state index in [4.69, 9.17) is 16.3 Å². The van der Waals surface area contributed by atoms with Crippen LogP contribution < -0.4 is 5.32 Å². The lowest BCUT2D eigenvalue weighted by atomic mass is 10.2. The van der Waals surface area contributed by atoms with Crippen LogP contribution in [-0.4, -0.2) is 30.6 Å². The molecule has 6 nitrogen and oxygen atoms in total. The number of nitro groups is 1. The summed E-state index contributed by atoms with van der Waals surface area (Å²) in [4.78, 5) is 22.0. The Morgan fingerprint density at radius 1 is 1.45 bits per heavy atom. The largest absolute Gasteiger partial charge is 0.380 e. The summed E-state index contributed by atoms with van der Waals surface area (Å²) in [6.07, 6.45) is 2.03. The van der Waals surface area contributed by atoms with Gasteiger partial charge in [-0.25, -0.2) is 0 Å². The van der Waals surface area contributed by atoms with Gasteiger partial charge in [0.1, 0.15) is 5.02 Å². The molecule has 0 atom stereocenters. The number of hydrogen-bond acceptors (Lipinski definition) is 4. The molecule has 1 aromatic carbocycles. The fourth-order valence-corrected chi connectivity index (χ4v) is 1.80. The molecule has 0 radical (unpaired) electrons. The van der Waals surface area contributed by atoms with Gasteiger partial charge in [-0.2, -0.15) is 0 Å². The summed E-state index contributed by atoms with van der Waals surface area (Å²) >= 11 is 5.85. The van der Waals surface area contributed by atoms with Gasteiger partial charge in [-0.05, 0) is 12.5 Å². The molecule has 1 aromatic rings. The first-order valence-electron chi connectivity index (χ1n) is 6.36. The summed E-state index contributed by atoms with van der Waals surface area (Å²) in [6, 6.07) is 4.13. The number of rotatable bonds is 8. The topological polar surface area (TPSA) is 81.5 Å². The Morgan fingerprint density at radius 3 is 2.85 bits per heavy atom. The SMILES string of the molecule is CCCCOCCNC(=O)c1cccc([N+](=O)[O-])c1Cl. The van der Waals surface area contributed by atoms with Gasteiger partial charge in [-0.15, -0.1) is 0 Å². The van der Waals surface area contributed by atoms with E-state index in [9.17, 15) is 14.9 Å². The average Bonchev–Trinajstić information content (AvgIpc) is 2.42. The van der Waals surface area contributed by atoms with Crippen LogP contribution in [0.5, 0.6) is 0 Å². The Balaban J connectivity index is 2.52. The minimum absolute atomic E-state index is 0.0921. The number of nitro benzene ring substituents is 1. The second-order valence-corrected chi connectivity index (χ2v) is 4.50. The van der Waals surface area contributed by atoms with Crippen LogP contribution in [0.25, 0.3) is 0 Å². The molecule has 1 rings (SSSR count). The summed E-state index contributed by atoms with van der Waals surface area (Å²) < 4.78 is 5.30. The maximum absolute atomic E-state index is 11.9. The van der Waals surface area contributed by atoms with E-state index in [1.807, 2.05) is 0 Å². The number of nitrogens with one attached hydrogen (secondary N) is 1. The van der Waals surface area contributed by atoms with Crippen LogP contribution in [0.15, 0.2) is 18.2 Å². The number of carbonyl (C=O) groups is 1. The molecule has 0 aliphatic heterocycles. The van der Waals surface area contributed by atoms with Crippen LogP contribution in [0.3, 0.4) is 0 Å². The molecule has 0 aliphatic rings. The first-order chi connectivity index (χ1) is 9.57. The molecule has 0 spiro atoms. The van der Waals surface area contributed by atoms with Crippen LogP contribution in [0, 0.1) is 10.1 Å². The van der Waals surface area contributed by atoms with Crippen LogP contribution >= 0.6 is 11.6 Å². The van der Waals surface area contributed by atoms with Crippen molar-refractivity contribution in [3.05, 3.63) is 38.9 Å². The van der Waals surface area contributed by atoms with Gasteiger partial charge >= 0.3 is 0 Å². The number of nitrogens with zero attached hydrogens (tertiary/aromatic N) is 1. The number of ether oxygens (including phenoxy) is 1. The predicted octanol–water partition coefficient (Wildman–Crippen LogP) is 2.79. The van der Waals surface area contributed by atoms with E-state index in [1.54, 1.807) is 0 Å². The molecule has 20 heavy (non-hydrogen) atoms. The summed E-state index contributed by atoms with van der Waals surface area (Å²) in [5.74, 6) is -0.446. The van der Waals surface area contributed by atoms with Gasteiger partial charge in [0.25, 0.3) is 11.6 Å². The minimum Gasteiger partial charge on any atom is -0.380 e. The number of hydrogen-bond donors (Lipinski definition) is 1. The van der Waals surface area contributed by atoms with Crippen LogP contribution in [0.1, 0.15) is 30.1 Å². The number of unbranched alkanes of at least 4 members (excludes halogenated alkanes) is 1. The van der Waals surface area contributed by atoms with Crippen molar-refractivity contribution in [2.75, 3.05) is 19.8 Å². The van der Waals surface area contributed by atoms with Crippen LogP contribution in [0.2, 0.25) is 5.02 Å². The van der Waals surface area contributed by atoms with Crippen molar-refractivity contribution in [2.24, 2.45) is 0 Å². The summed E-state index contributed by atoms with van der Waals surface area (Å²) in [5.41, 5.74) is -0.187. The zero-order valence-electron chi connectivity index (χ0n) is 11.2. The fraction of sp³-hybridized carbons (Fsp3) is 0.462. The molecule has 110 valence electrons. The molecule has 1 amide bonds. The molecule has 1 N–H and O–H groups in total. The standard InChI is InChI=1S/C13H17ClN2O4/c1-2-3-8-20-9-7-15-13(17)10-5-4-6-11(12(10)14)16(18)19/h4-6H,2-3,7-9H2,1H3,(H,15,17). The fourth-order valence-electron chi connectivity index (χ4n) is 1.52. The molecule has 0 aliphatic carbocycles. The van der Waals surface area contributed by atoms with Crippen LogP contribution in [-0.2, 0) is 4.74 Å². The number of amides is 1.